The highest BCUT2D eigenvalue weighted by atomic mass is 19.2. The first kappa shape index (κ1) is 17.7. The van der Waals surface area contributed by atoms with Crippen LogP contribution in [-0.2, 0) is 13.0 Å². The molecule has 3 aromatic rings. The van der Waals surface area contributed by atoms with Crippen LogP contribution >= 0.6 is 0 Å². The van der Waals surface area contributed by atoms with Crippen molar-refractivity contribution in [3.05, 3.63) is 71.1 Å². The molecule has 6 heteroatoms. The standard InChI is InChI=1S/C21H20F2N2O2/c1-13-18(24-21(26-13)16-7-5-8-17(22)20(16)23)12-25(2)11-15-10-14-6-3-4-9-19(14)27-15/h3-9,15H,10-12H2,1-2H3. The van der Waals surface area contributed by atoms with E-state index in [0.717, 1.165) is 24.8 Å². The normalized spacial score (nSPS) is 15.8. The quantitative estimate of drug-likeness (QED) is 0.669. The first-order valence-corrected chi connectivity index (χ1v) is 8.85. The Kier molecular flexibility index (Phi) is 4.66. The summed E-state index contributed by atoms with van der Waals surface area (Å²) < 4.78 is 39.0. The molecule has 1 aliphatic rings. The van der Waals surface area contributed by atoms with Gasteiger partial charge in [-0.05, 0) is 37.7 Å². The van der Waals surface area contributed by atoms with Crippen molar-refractivity contribution in [2.75, 3.05) is 13.6 Å². The summed E-state index contributed by atoms with van der Waals surface area (Å²) in [6.45, 7) is 3.03. The molecule has 4 nitrogen and oxygen atoms in total. The van der Waals surface area contributed by atoms with Gasteiger partial charge in [0.15, 0.2) is 11.6 Å². The van der Waals surface area contributed by atoms with Gasteiger partial charge >= 0.3 is 0 Å². The van der Waals surface area contributed by atoms with Crippen LogP contribution in [0.5, 0.6) is 5.75 Å². The van der Waals surface area contributed by atoms with E-state index in [1.165, 1.54) is 17.7 Å². The lowest BCUT2D eigenvalue weighted by atomic mass is 10.1. The molecular formula is C21H20F2N2O2. The topological polar surface area (TPSA) is 38.5 Å². The molecule has 0 fully saturated rings. The zero-order valence-electron chi connectivity index (χ0n) is 15.2. The number of aromatic nitrogens is 1. The number of halogens is 2. The number of rotatable bonds is 5. The molecular weight excluding hydrogens is 350 g/mol. The highest BCUT2D eigenvalue weighted by molar-refractivity contribution is 5.54. The van der Waals surface area contributed by atoms with E-state index in [2.05, 4.69) is 16.0 Å². The smallest absolute Gasteiger partial charge is 0.229 e. The van der Waals surface area contributed by atoms with E-state index in [1.54, 1.807) is 6.92 Å². The Morgan fingerprint density at radius 3 is 2.78 bits per heavy atom. The lowest BCUT2D eigenvalue weighted by molar-refractivity contribution is 0.164. The Hall–Kier alpha value is -2.73. The second kappa shape index (κ2) is 7.12. The van der Waals surface area contributed by atoms with Crippen LogP contribution in [0.2, 0.25) is 0 Å². The Bertz CT molecular complexity index is 946. The molecule has 2 aromatic carbocycles. The van der Waals surface area contributed by atoms with Gasteiger partial charge in [0.25, 0.3) is 0 Å². The van der Waals surface area contributed by atoms with Crippen LogP contribution in [0, 0.1) is 18.6 Å². The first-order valence-electron chi connectivity index (χ1n) is 8.85. The third kappa shape index (κ3) is 3.57. The minimum atomic E-state index is -0.948. The molecule has 0 spiro atoms. The predicted octanol–water partition coefficient (Wildman–Crippen LogP) is 4.36. The summed E-state index contributed by atoms with van der Waals surface area (Å²) in [6, 6.07) is 12.0. The number of aryl methyl sites for hydroxylation is 1. The minimum absolute atomic E-state index is 0.0292. The van der Waals surface area contributed by atoms with E-state index in [9.17, 15) is 8.78 Å². The Balaban J connectivity index is 1.44. The number of nitrogens with zero attached hydrogens (tertiary/aromatic N) is 2. The number of benzene rings is 2. The van der Waals surface area contributed by atoms with E-state index >= 15 is 0 Å². The molecule has 1 atom stereocenters. The summed E-state index contributed by atoms with van der Waals surface area (Å²) in [7, 11) is 1.98. The van der Waals surface area contributed by atoms with E-state index in [-0.39, 0.29) is 17.6 Å². The fraction of sp³-hybridized carbons (Fsp3) is 0.286. The van der Waals surface area contributed by atoms with Crippen molar-refractivity contribution >= 4 is 0 Å². The van der Waals surface area contributed by atoms with Crippen molar-refractivity contribution in [2.24, 2.45) is 0 Å². The van der Waals surface area contributed by atoms with Crippen molar-refractivity contribution in [3.8, 4) is 17.2 Å². The van der Waals surface area contributed by atoms with Crippen molar-refractivity contribution in [2.45, 2.75) is 26.0 Å². The van der Waals surface area contributed by atoms with Gasteiger partial charge in [-0.3, -0.25) is 4.90 Å². The van der Waals surface area contributed by atoms with Crippen LogP contribution < -0.4 is 4.74 Å². The number of likely N-dealkylation sites (N-methyl/N-ethyl adjacent to an activating group) is 1. The zero-order chi connectivity index (χ0) is 19.0. The summed E-state index contributed by atoms with van der Waals surface area (Å²) in [5.41, 5.74) is 1.95. The maximum Gasteiger partial charge on any atom is 0.229 e. The van der Waals surface area contributed by atoms with Crippen LogP contribution in [0.3, 0.4) is 0 Å². The molecule has 0 N–H and O–H groups in total. The Morgan fingerprint density at radius 1 is 1.15 bits per heavy atom. The van der Waals surface area contributed by atoms with Crippen LogP contribution in [0.15, 0.2) is 46.9 Å². The summed E-state index contributed by atoms with van der Waals surface area (Å²) in [6.07, 6.45) is 0.956. The number of para-hydroxylation sites is 1. The van der Waals surface area contributed by atoms with Gasteiger partial charge in [0, 0.05) is 19.5 Å². The fourth-order valence-corrected chi connectivity index (χ4v) is 3.38. The lowest BCUT2D eigenvalue weighted by Gasteiger charge is -2.19. The predicted molar refractivity (Wildman–Crippen MR) is 97.5 cm³/mol. The monoisotopic (exact) mass is 370 g/mol. The number of hydrogen-bond acceptors (Lipinski definition) is 4. The molecule has 2 heterocycles. The van der Waals surface area contributed by atoms with Gasteiger partial charge in [0.1, 0.15) is 17.6 Å². The summed E-state index contributed by atoms with van der Waals surface area (Å²) in [4.78, 5) is 6.47. The number of oxazole rings is 1. The number of fused-ring (bicyclic) bond motifs is 1. The van der Waals surface area contributed by atoms with Crippen molar-refractivity contribution in [1.29, 1.82) is 0 Å². The average molecular weight is 370 g/mol. The average Bonchev–Trinajstić information content (AvgIpc) is 3.20. The van der Waals surface area contributed by atoms with Gasteiger partial charge in [-0.15, -0.1) is 0 Å². The minimum Gasteiger partial charge on any atom is -0.488 e. The molecule has 1 unspecified atom stereocenters. The van der Waals surface area contributed by atoms with Crippen LogP contribution in [0.4, 0.5) is 8.78 Å². The van der Waals surface area contributed by atoms with Crippen LogP contribution in [-0.4, -0.2) is 29.6 Å². The highest BCUT2D eigenvalue weighted by Gasteiger charge is 2.24. The fourth-order valence-electron chi connectivity index (χ4n) is 3.38. The summed E-state index contributed by atoms with van der Waals surface area (Å²) >= 11 is 0. The summed E-state index contributed by atoms with van der Waals surface area (Å²) in [5, 5.41) is 0. The van der Waals surface area contributed by atoms with Gasteiger partial charge in [-0.2, -0.15) is 0 Å². The molecule has 0 radical (unpaired) electrons. The van der Waals surface area contributed by atoms with Crippen molar-refractivity contribution in [3.63, 3.8) is 0 Å². The number of ether oxygens (including phenoxy) is 1. The van der Waals surface area contributed by atoms with E-state index in [1.807, 2.05) is 25.2 Å². The molecule has 0 amide bonds. The molecule has 0 saturated heterocycles. The highest BCUT2D eigenvalue weighted by Crippen LogP contribution is 2.29. The third-order valence-electron chi connectivity index (χ3n) is 4.72. The van der Waals surface area contributed by atoms with Gasteiger partial charge in [0.05, 0.1) is 11.3 Å². The van der Waals surface area contributed by atoms with Crippen LogP contribution in [0.1, 0.15) is 17.0 Å². The maximum atomic E-state index is 14.0. The SMILES string of the molecule is Cc1oc(-c2cccc(F)c2F)nc1CN(C)CC1Cc2ccccc2O1. The molecule has 27 heavy (non-hydrogen) atoms. The largest absolute Gasteiger partial charge is 0.488 e. The van der Waals surface area contributed by atoms with E-state index < -0.39 is 11.6 Å². The second-order valence-electron chi connectivity index (χ2n) is 6.87. The van der Waals surface area contributed by atoms with Gasteiger partial charge in [-0.1, -0.05) is 24.3 Å². The van der Waals surface area contributed by atoms with E-state index in [4.69, 9.17) is 9.15 Å². The molecule has 140 valence electrons. The Morgan fingerprint density at radius 2 is 1.96 bits per heavy atom. The van der Waals surface area contributed by atoms with Gasteiger partial charge in [-0.25, -0.2) is 13.8 Å². The Labute approximate surface area is 156 Å². The lowest BCUT2D eigenvalue weighted by Crippen LogP contribution is -2.31. The third-order valence-corrected chi connectivity index (χ3v) is 4.72. The molecule has 0 bridgehead atoms. The first-order chi connectivity index (χ1) is 13.0. The van der Waals surface area contributed by atoms with Gasteiger partial charge in [0.2, 0.25) is 5.89 Å². The molecule has 1 aromatic heterocycles. The molecule has 4 rings (SSSR count). The molecule has 0 aliphatic carbocycles. The van der Waals surface area contributed by atoms with Crippen molar-refractivity contribution in [1.82, 2.24) is 9.88 Å². The number of hydrogen-bond donors (Lipinski definition) is 0. The van der Waals surface area contributed by atoms with E-state index in [0.29, 0.717) is 18.0 Å². The summed E-state index contributed by atoms with van der Waals surface area (Å²) in [5.74, 6) is -0.235. The van der Waals surface area contributed by atoms with Crippen molar-refractivity contribution < 1.29 is 17.9 Å². The molecule has 1 aliphatic heterocycles. The second-order valence-corrected chi connectivity index (χ2v) is 6.87. The van der Waals surface area contributed by atoms with Crippen LogP contribution in [0.25, 0.3) is 11.5 Å². The van der Waals surface area contributed by atoms with Gasteiger partial charge < -0.3 is 9.15 Å². The maximum absolute atomic E-state index is 14.0. The molecule has 0 saturated carbocycles. The zero-order valence-corrected chi connectivity index (χ0v) is 15.2.